The van der Waals surface area contributed by atoms with E-state index in [2.05, 4.69) is 6.07 Å². The molecule has 4 heteroatoms. The molecule has 0 aliphatic heterocycles. The lowest BCUT2D eigenvalue weighted by Crippen LogP contribution is -2.44. The molecule has 0 saturated heterocycles. The molecule has 1 atom stereocenters. The van der Waals surface area contributed by atoms with Gasteiger partial charge in [-0.15, -0.1) is 0 Å². The molecule has 0 aromatic heterocycles. The molecule has 0 radical (unpaired) electrons. The average Bonchev–Trinajstić information content (AvgIpc) is 2.24. The molecule has 1 aliphatic carbocycles. The van der Waals surface area contributed by atoms with E-state index in [4.69, 9.17) is 10.4 Å². The van der Waals surface area contributed by atoms with Crippen LogP contribution in [0.3, 0.4) is 0 Å². The highest BCUT2D eigenvalue weighted by Crippen LogP contribution is 2.29. The summed E-state index contributed by atoms with van der Waals surface area (Å²) in [5.41, 5.74) is -0.906. The summed E-state index contributed by atoms with van der Waals surface area (Å²) in [6.45, 7) is 4.18. The summed E-state index contributed by atoms with van der Waals surface area (Å²) < 4.78 is 0. The van der Waals surface area contributed by atoms with Gasteiger partial charge in [-0.25, -0.2) is 0 Å². The normalized spacial score (nSPS) is 27.4. The third-order valence-corrected chi connectivity index (χ3v) is 3.52. The van der Waals surface area contributed by atoms with Gasteiger partial charge in [-0.3, -0.25) is 4.79 Å². The Balaban J connectivity index is 2.51. The zero-order valence-electron chi connectivity index (χ0n) is 10.2. The fourth-order valence-corrected chi connectivity index (χ4v) is 2.02. The van der Waals surface area contributed by atoms with Crippen molar-refractivity contribution in [3.05, 3.63) is 0 Å². The molecule has 1 aliphatic rings. The second-order valence-electron chi connectivity index (χ2n) is 4.97. The van der Waals surface area contributed by atoms with Gasteiger partial charge in [0.1, 0.15) is 5.41 Å². The van der Waals surface area contributed by atoms with Crippen LogP contribution in [0.1, 0.15) is 33.1 Å². The highest BCUT2D eigenvalue weighted by molar-refractivity contribution is 5.84. The summed E-state index contributed by atoms with van der Waals surface area (Å²) in [6.07, 6.45) is 1.88. The standard InChI is InChI=1S/C12H20N2O2/c1-4-12(2,8-13)11(16)14(3)7-9-5-10(15)6-9/h9-10,15H,4-7H2,1-3H3. The zero-order valence-corrected chi connectivity index (χ0v) is 10.2. The number of aliphatic hydroxyl groups excluding tert-OH is 1. The largest absolute Gasteiger partial charge is 0.393 e. The Labute approximate surface area is 96.9 Å². The van der Waals surface area contributed by atoms with Crippen LogP contribution >= 0.6 is 0 Å². The molecule has 0 spiro atoms. The molecule has 4 nitrogen and oxygen atoms in total. The Morgan fingerprint density at radius 3 is 2.56 bits per heavy atom. The average molecular weight is 224 g/mol. The summed E-state index contributed by atoms with van der Waals surface area (Å²) in [6, 6.07) is 2.09. The molecule has 0 bridgehead atoms. The van der Waals surface area contributed by atoms with Gasteiger partial charge in [-0.05, 0) is 32.1 Å². The minimum atomic E-state index is -0.906. The fourth-order valence-electron chi connectivity index (χ4n) is 2.02. The van der Waals surface area contributed by atoms with Gasteiger partial charge in [0.15, 0.2) is 0 Å². The number of nitriles is 1. The van der Waals surface area contributed by atoms with E-state index in [0.717, 1.165) is 12.8 Å². The first-order chi connectivity index (χ1) is 7.42. The molecule has 1 unspecified atom stereocenters. The maximum absolute atomic E-state index is 12.0. The molecule has 1 rings (SSSR count). The second kappa shape index (κ2) is 4.84. The van der Waals surface area contributed by atoms with Gasteiger partial charge >= 0.3 is 0 Å². The number of rotatable bonds is 4. The maximum Gasteiger partial charge on any atom is 0.242 e. The van der Waals surface area contributed by atoms with Crippen molar-refractivity contribution in [2.45, 2.75) is 39.2 Å². The summed E-state index contributed by atoms with van der Waals surface area (Å²) in [5.74, 6) is 0.280. The highest BCUT2D eigenvalue weighted by atomic mass is 16.3. The molecular formula is C12H20N2O2. The van der Waals surface area contributed by atoms with Crippen molar-refractivity contribution in [1.82, 2.24) is 4.90 Å². The van der Waals surface area contributed by atoms with Gasteiger partial charge in [0.2, 0.25) is 5.91 Å². The van der Waals surface area contributed by atoms with Crippen molar-refractivity contribution in [2.75, 3.05) is 13.6 Å². The molecular weight excluding hydrogens is 204 g/mol. The van der Waals surface area contributed by atoms with Crippen LogP contribution in [0.2, 0.25) is 0 Å². The third kappa shape index (κ3) is 2.53. The minimum absolute atomic E-state index is 0.112. The molecule has 0 heterocycles. The van der Waals surface area contributed by atoms with E-state index >= 15 is 0 Å². The molecule has 1 fully saturated rings. The number of hydrogen-bond donors (Lipinski definition) is 1. The van der Waals surface area contributed by atoms with Gasteiger partial charge in [0.05, 0.1) is 12.2 Å². The van der Waals surface area contributed by atoms with Crippen LogP contribution < -0.4 is 0 Å². The van der Waals surface area contributed by atoms with Crippen molar-refractivity contribution in [3.63, 3.8) is 0 Å². The summed E-state index contributed by atoms with van der Waals surface area (Å²) in [4.78, 5) is 13.7. The Morgan fingerprint density at radius 2 is 2.19 bits per heavy atom. The van der Waals surface area contributed by atoms with E-state index in [1.807, 2.05) is 6.92 Å². The van der Waals surface area contributed by atoms with E-state index in [1.165, 1.54) is 0 Å². The summed E-state index contributed by atoms with van der Waals surface area (Å²) in [5, 5.41) is 18.2. The maximum atomic E-state index is 12.0. The minimum Gasteiger partial charge on any atom is -0.393 e. The second-order valence-corrected chi connectivity index (χ2v) is 4.97. The molecule has 0 aromatic rings. The van der Waals surface area contributed by atoms with Crippen LogP contribution in [0.15, 0.2) is 0 Å². The predicted octanol–water partition coefficient (Wildman–Crippen LogP) is 1.16. The van der Waals surface area contributed by atoms with Crippen molar-refractivity contribution < 1.29 is 9.90 Å². The fraction of sp³-hybridized carbons (Fsp3) is 0.833. The lowest BCUT2D eigenvalue weighted by molar-refractivity contribution is -0.138. The lowest BCUT2D eigenvalue weighted by Gasteiger charge is -2.36. The van der Waals surface area contributed by atoms with Gasteiger partial charge in [-0.1, -0.05) is 6.92 Å². The van der Waals surface area contributed by atoms with Gasteiger partial charge in [-0.2, -0.15) is 5.26 Å². The molecule has 0 aromatic carbocycles. The molecule has 1 saturated carbocycles. The first-order valence-corrected chi connectivity index (χ1v) is 5.77. The molecule has 1 amide bonds. The van der Waals surface area contributed by atoms with Gasteiger partial charge < -0.3 is 10.0 Å². The van der Waals surface area contributed by atoms with Crippen molar-refractivity contribution in [3.8, 4) is 6.07 Å². The Kier molecular flexibility index (Phi) is 3.93. The third-order valence-electron chi connectivity index (χ3n) is 3.52. The van der Waals surface area contributed by atoms with Crippen LogP contribution in [0.5, 0.6) is 0 Å². The van der Waals surface area contributed by atoms with Crippen molar-refractivity contribution in [1.29, 1.82) is 5.26 Å². The van der Waals surface area contributed by atoms with Crippen LogP contribution in [0.25, 0.3) is 0 Å². The van der Waals surface area contributed by atoms with Gasteiger partial charge in [0.25, 0.3) is 0 Å². The first kappa shape index (κ1) is 13.0. The number of nitrogens with zero attached hydrogens (tertiary/aromatic N) is 2. The molecule has 16 heavy (non-hydrogen) atoms. The van der Waals surface area contributed by atoms with Crippen LogP contribution in [-0.2, 0) is 4.79 Å². The first-order valence-electron chi connectivity index (χ1n) is 5.77. The molecule has 90 valence electrons. The van der Waals surface area contributed by atoms with E-state index in [0.29, 0.717) is 18.9 Å². The number of aliphatic hydroxyl groups is 1. The highest BCUT2D eigenvalue weighted by Gasteiger charge is 2.36. The van der Waals surface area contributed by atoms with E-state index in [1.54, 1.807) is 18.9 Å². The molecule has 1 N–H and O–H groups in total. The zero-order chi connectivity index (χ0) is 12.3. The van der Waals surface area contributed by atoms with E-state index in [-0.39, 0.29) is 12.0 Å². The predicted molar refractivity (Wildman–Crippen MR) is 60.4 cm³/mol. The van der Waals surface area contributed by atoms with E-state index < -0.39 is 5.41 Å². The Bertz CT molecular complexity index is 305. The summed E-state index contributed by atoms with van der Waals surface area (Å²) in [7, 11) is 1.73. The smallest absolute Gasteiger partial charge is 0.242 e. The number of amides is 1. The number of hydrogen-bond acceptors (Lipinski definition) is 3. The van der Waals surface area contributed by atoms with E-state index in [9.17, 15) is 4.79 Å². The van der Waals surface area contributed by atoms with Crippen LogP contribution in [-0.4, -0.2) is 35.6 Å². The number of carbonyl (C=O) groups excluding carboxylic acids is 1. The monoisotopic (exact) mass is 224 g/mol. The topological polar surface area (TPSA) is 64.3 Å². The SMILES string of the molecule is CCC(C)(C#N)C(=O)N(C)CC1CC(O)C1. The van der Waals surface area contributed by atoms with Gasteiger partial charge in [0, 0.05) is 13.6 Å². The van der Waals surface area contributed by atoms with Crippen LogP contribution in [0, 0.1) is 22.7 Å². The Morgan fingerprint density at radius 1 is 1.62 bits per heavy atom. The van der Waals surface area contributed by atoms with Crippen LogP contribution in [0.4, 0.5) is 0 Å². The van der Waals surface area contributed by atoms with Crippen molar-refractivity contribution >= 4 is 5.91 Å². The summed E-state index contributed by atoms with van der Waals surface area (Å²) >= 11 is 0. The van der Waals surface area contributed by atoms with Crippen molar-refractivity contribution in [2.24, 2.45) is 11.3 Å². The Hall–Kier alpha value is -1.08. The number of carbonyl (C=O) groups is 1. The quantitative estimate of drug-likeness (QED) is 0.779. The lowest BCUT2D eigenvalue weighted by atomic mass is 9.81.